The van der Waals surface area contributed by atoms with Crippen LogP contribution in [0.1, 0.15) is 32.9 Å². The van der Waals surface area contributed by atoms with Crippen molar-refractivity contribution in [1.82, 2.24) is 4.98 Å². The van der Waals surface area contributed by atoms with Crippen LogP contribution in [0.3, 0.4) is 0 Å². The number of amides is 1. The fourth-order valence-corrected chi connectivity index (χ4v) is 3.60. The van der Waals surface area contributed by atoms with Crippen LogP contribution in [0.5, 0.6) is 5.75 Å². The highest BCUT2D eigenvalue weighted by Gasteiger charge is 2.18. The Morgan fingerprint density at radius 3 is 2.57 bits per heavy atom. The van der Waals surface area contributed by atoms with Gasteiger partial charge in [0.1, 0.15) is 5.75 Å². The first kappa shape index (κ1) is 17.8. The first-order valence-electron chi connectivity index (χ1n) is 7.41. The van der Waals surface area contributed by atoms with Gasteiger partial charge in [-0.15, -0.1) is 23.1 Å². The summed E-state index contributed by atoms with van der Waals surface area (Å²) in [5.74, 6) is 1.57. The van der Waals surface area contributed by atoms with Crippen molar-refractivity contribution in [3.63, 3.8) is 0 Å². The third kappa shape index (κ3) is 5.55. The summed E-state index contributed by atoms with van der Waals surface area (Å²) in [5, 5.41) is 5.55. The summed E-state index contributed by atoms with van der Waals surface area (Å²) in [4.78, 5) is 17.6. The molecule has 0 aliphatic carbocycles. The van der Waals surface area contributed by atoms with Crippen molar-refractivity contribution < 1.29 is 9.53 Å². The maximum absolute atomic E-state index is 12.0. The van der Waals surface area contributed by atoms with Crippen LogP contribution in [0.15, 0.2) is 34.5 Å². The van der Waals surface area contributed by atoms with E-state index < -0.39 is 0 Å². The van der Waals surface area contributed by atoms with Gasteiger partial charge in [-0.25, -0.2) is 4.98 Å². The first-order chi connectivity index (χ1) is 10.9. The highest BCUT2D eigenvalue weighted by molar-refractivity contribution is 7.99. The van der Waals surface area contributed by atoms with Crippen LogP contribution in [-0.4, -0.2) is 23.8 Å². The van der Waals surface area contributed by atoms with Crippen molar-refractivity contribution in [3.05, 3.63) is 35.3 Å². The van der Waals surface area contributed by atoms with E-state index in [4.69, 9.17) is 4.74 Å². The van der Waals surface area contributed by atoms with Crippen LogP contribution in [0.2, 0.25) is 0 Å². The maximum atomic E-state index is 12.0. The molecule has 0 saturated carbocycles. The summed E-state index contributed by atoms with van der Waals surface area (Å²) in [5.41, 5.74) is 1.01. The monoisotopic (exact) mass is 350 g/mol. The molecule has 124 valence electrons. The Labute approximate surface area is 145 Å². The molecule has 0 aliphatic heterocycles. The highest BCUT2D eigenvalue weighted by Crippen LogP contribution is 2.26. The number of aromatic nitrogens is 1. The van der Waals surface area contributed by atoms with Crippen molar-refractivity contribution in [1.29, 1.82) is 0 Å². The number of carbonyl (C=O) groups excluding carboxylic acids is 1. The van der Waals surface area contributed by atoms with Gasteiger partial charge >= 0.3 is 0 Å². The van der Waals surface area contributed by atoms with Gasteiger partial charge in [0.2, 0.25) is 5.91 Å². The van der Waals surface area contributed by atoms with Crippen molar-refractivity contribution in [2.24, 2.45) is 0 Å². The largest absolute Gasteiger partial charge is 0.497 e. The molecule has 6 heteroatoms. The van der Waals surface area contributed by atoms with Gasteiger partial charge in [-0.1, -0.05) is 20.8 Å². The number of nitrogens with zero attached hydrogens (tertiary/aromatic N) is 1. The molecular weight excluding hydrogens is 328 g/mol. The van der Waals surface area contributed by atoms with Crippen LogP contribution in [0, 0.1) is 0 Å². The van der Waals surface area contributed by atoms with Gasteiger partial charge in [0.25, 0.3) is 0 Å². The zero-order valence-corrected chi connectivity index (χ0v) is 15.5. The van der Waals surface area contributed by atoms with Crippen LogP contribution in [-0.2, 0) is 10.2 Å². The number of benzene rings is 1. The Hall–Kier alpha value is -1.53. The molecule has 23 heavy (non-hydrogen) atoms. The Balaban J connectivity index is 1.77. The molecule has 0 radical (unpaired) electrons. The summed E-state index contributed by atoms with van der Waals surface area (Å²) in [6, 6.07) is 7.84. The van der Waals surface area contributed by atoms with Crippen LogP contribution >= 0.6 is 23.1 Å². The maximum Gasteiger partial charge on any atom is 0.226 e. The molecule has 1 aromatic carbocycles. The number of carbonyl (C=O) groups is 1. The van der Waals surface area contributed by atoms with Gasteiger partial charge in [0, 0.05) is 27.9 Å². The fraction of sp³-hybridized carbons (Fsp3) is 0.412. The Bertz CT molecular complexity index is 645. The lowest BCUT2D eigenvalue weighted by Gasteiger charge is -2.14. The smallest absolute Gasteiger partial charge is 0.226 e. The summed E-state index contributed by atoms with van der Waals surface area (Å²) in [6.45, 7) is 6.33. The second kappa shape index (κ2) is 7.84. The zero-order valence-electron chi connectivity index (χ0n) is 13.9. The Kier molecular flexibility index (Phi) is 6.07. The van der Waals surface area contributed by atoms with Crippen molar-refractivity contribution >= 4 is 34.1 Å². The minimum Gasteiger partial charge on any atom is -0.497 e. The van der Waals surface area contributed by atoms with Crippen LogP contribution in [0.25, 0.3) is 0 Å². The minimum atomic E-state index is 0.000760. The average Bonchev–Trinajstić information content (AvgIpc) is 2.96. The minimum absolute atomic E-state index is 0.000760. The van der Waals surface area contributed by atoms with Crippen molar-refractivity contribution in [3.8, 4) is 5.75 Å². The second-order valence-corrected chi connectivity index (χ2v) is 8.14. The van der Waals surface area contributed by atoms with E-state index in [2.05, 4.69) is 31.1 Å². The standard InChI is InChI=1S/C17H22N2O2S2/c1-17(2,3)14-11-23-16(18-14)19-15(20)9-10-22-13-7-5-12(21-4)6-8-13/h5-8,11H,9-10H2,1-4H3,(H,18,19,20). The van der Waals surface area contributed by atoms with E-state index in [1.54, 1.807) is 18.9 Å². The topological polar surface area (TPSA) is 51.2 Å². The third-order valence-electron chi connectivity index (χ3n) is 3.18. The summed E-state index contributed by atoms with van der Waals surface area (Å²) in [7, 11) is 1.65. The molecule has 4 nitrogen and oxygen atoms in total. The molecule has 0 bridgehead atoms. The van der Waals surface area contributed by atoms with E-state index in [0.717, 1.165) is 22.1 Å². The number of thiazole rings is 1. The van der Waals surface area contributed by atoms with Gasteiger partial charge in [-0.05, 0) is 24.3 Å². The molecule has 0 spiro atoms. The Morgan fingerprint density at radius 2 is 2.00 bits per heavy atom. The van der Waals surface area contributed by atoms with Crippen molar-refractivity contribution in [2.75, 3.05) is 18.2 Å². The van der Waals surface area contributed by atoms with Crippen molar-refractivity contribution in [2.45, 2.75) is 37.5 Å². The summed E-state index contributed by atoms with van der Waals surface area (Å²) in [6.07, 6.45) is 0.459. The SMILES string of the molecule is COc1ccc(SCCC(=O)Nc2nc(C(C)(C)C)cs2)cc1. The number of hydrogen-bond donors (Lipinski definition) is 1. The molecule has 0 unspecified atom stereocenters. The number of rotatable bonds is 6. The summed E-state index contributed by atoms with van der Waals surface area (Å²) < 4.78 is 5.12. The molecule has 0 atom stereocenters. The third-order valence-corrected chi connectivity index (χ3v) is 4.95. The molecule has 1 heterocycles. The van der Waals surface area contributed by atoms with E-state index in [9.17, 15) is 4.79 Å². The molecule has 2 rings (SSSR count). The molecule has 1 aromatic heterocycles. The van der Waals surface area contributed by atoms with E-state index in [1.165, 1.54) is 11.3 Å². The lowest BCUT2D eigenvalue weighted by atomic mass is 9.93. The number of methoxy groups -OCH3 is 1. The predicted octanol–water partition coefficient (Wildman–Crippen LogP) is 4.57. The predicted molar refractivity (Wildman–Crippen MR) is 97.8 cm³/mol. The van der Waals surface area contributed by atoms with Gasteiger partial charge < -0.3 is 10.1 Å². The molecule has 2 aromatic rings. The lowest BCUT2D eigenvalue weighted by Crippen LogP contribution is -2.14. The quantitative estimate of drug-likeness (QED) is 0.775. The lowest BCUT2D eigenvalue weighted by molar-refractivity contribution is -0.115. The van der Waals surface area contributed by atoms with Gasteiger partial charge in [0.15, 0.2) is 5.13 Å². The summed E-state index contributed by atoms with van der Waals surface area (Å²) >= 11 is 3.13. The Morgan fingerprint density at radius 1 is 1.30 bits per heavy atom. The second-order valence-electron chi connectivity index (χ2n) is 6.11. The first-order valence-corrected chi connectivity index (χ1v) is 9.28. The van der Waals surface area contributed by atoms with Gasteiger partial charge in [-0.2, -0.15) is 0 Å². The van der Waals surface area contributed by atoms with E-state index in [1.807, 2.05) is 29.6 Å². The van der Waals surface area contributed by atoms with E-state index in [-0.39, 0.29) is 11.3 Å². The van der Waals surface area contributed by atoms with Gasteiger partial charge in [0.05, 0.1) is 12.8 Å². The van der Waals surface area contributed by atoms with Crippen LogP contribution < -0.4 is 10.1 Å². The number of hydrogen-bond acceptors (Lipinski definition) is 5. The van der Waals surface area contributed by atoms with E-state index in [0.29, 0.717) is 11.6 Å². The average molecular weight is 351 g/mol. The van der Waals surface area contributed by atoms with Gasteiger partial charge in [-0.3, -0.25) is 4.79 Å². The number of nitrogens with one attached hydrogen (secondary N) is 1. The van der Waals surface area contributed by atoms with Crippen LogP contribution in [0.4, 0.5) is 5.13 Å². The molecular formula is C17H22N2O2S2. The molecule has 1 amide bonds. The molecule has 0 saturated heterocycles. The zero-order chi connectivity index (χ0) is 16.9. The molecule has 0 aliphatic rings. The molecule has 0 fully saturated rings. The number of ether oxygens (including phenoxy) is 1. The highest BCUT2D eigenvalue weighted by atomic mass is 32.2. The molecule has 1 N–H and O–H groups in total. The fourth-order valence-electron chi connectivity index (χ4n) is 1.79. The number of anilines is 1. The van der Waals surface area contributed by atoms with E-state index >= 15 is 0 Å². The number of thioether (sulfide) groups is 1. The normalized spacial score (nSPS) is 11.3.